The number of H-pyrrole nitrogens is 1. The van der Waals surface area contributed by atoms with E-state index in [9.17, 15) is 0 Å². The number of hydrogen-bond acceptors (Lipinski definition) is 5. The van der Waals surface area contributed by atoms with Crippen molar-refractivity contribution in [2.75, 3.05) is 30.9 Å². The molecule has 0 bridgehead atoms. The minimum atomic E-state index is 0.806. The number of nitrogens with one attached hydrogen (secondary N) is 2. The maximum atomic E-state index is 5.15. The quantitative estimate of drug-likeness (QED) is 0.310. The first kappa shape index (κ1) is 22.0. The SMILES string of the molecule is CCC1=C(c2nc3c(-c4ccccn4)cccc3[nH]2)c2cc(-c3cncc(N(C)C)c3)ccc2NC1. The topological polar surface area (TPSA) is 69.7 Å². The van der Waals surface area contributed by atoms with Crippen LogP contribution in [0.4, 0.5) is 11.4 Å². The Kier molecular flexibility index (Phi) is 5.49. The van der Waals surface area contributed by atoms with Crippen LogP contribution in [0.1, 0.15) is 24.7 Å². The molecule has 0 radical (unpaired) electrons. The molecule has 178 valence electrons. The van der Waals surface area contributed by atoms with Crippen LogP contribution in [0.5, 0.6) is 0 Å². The summed E-state index contributed by atoms with van der Waals surface area (Å²) in [5.74, 6) is 0.894. The zero-order valence-electron chi connectivity index (χ0n) is 20.7. The molecular weight excluding hydrogens is 444 g/mol. The van der Waals surface area contributed by atoms with Crippen LogP contribution in [0, 0.1) is 0 Å². The van der Waals surface area contributed by atoms with E-state index < -0.39 is 0 Å². The molecule has 6 heteroatoms. The second-order valence-corrected chi connectivity index (χ2v) is 9.27. The van der Waals surface area contributed by atoms with Crippen LogP contribution in [-0.2, 0) is 0 Å². The normalized spacial score (nSPS) is 13.0. The van der Waals surface area contributed by atoms with E-state index in [0.29, 0.717) is 0 Å². The van der Waals surface area contributed by atoms with E-state index in [4.69, 9.17) is 4.98 Å². The third-order valence-corrected chi connectivity index (χ3v) is 6.83. The number of hydrogen-bond donors (Lipinski definition) is 2. The van der Waals surface area contributed by atoms with Gasteiger partial charge in [-0.3, -0.25) is 9.97 Å². The molecule has 0 unspecified atom stereocenters. The van der Waals surface area contributed by atoms with Crippen molar-refractivity contribution in [2.24, 2.45) is 0 Å². The number of para-hydroxylation sites is 1. The van der Waals surface area contributed by atoms with Crippen LogP contribution in [0.15, 0.2) is 84.8 Å². The van der Waals surface area contributed by atoms with Crippen molar-refractivity contribution < 1.29 is 0 Å². The van der Waals surface area contributed by atoms with Gasteiger partial charge in [0, 0.05) is 61.0 Å². The Morgan fingerprint density at radius 3 is 2.64 bits per heavy atom. The van der Waals surface area contributed by atoms with Gasteiger partial charge in [0.05, 0.1) is 28.6 Å². The summed E-state index contributed by atoms with van der Waals surface area (Å²) in [5, 5.41) is 3.61. The number of rotatable bonds is 5. The van der Waals surface area contributed by atoms with Gasteiger partial charge in [0.2, 0.25) is 0 Å². The number of fused-ring (bicyclic) bond motifs is 2. The lowest BCUT2D eigenvalue weighted by molar-refractivity contribution is 1.02. The predicted molar refractivity (Wildman–Crippen MR) is 148 cm³/mol. The first-order valence-corrected chi connectivity index (χ1v) is 12.3. The Hall–Kier alpha value is -4.45. The van der Waals surface area contributed by atoms with Crippen molar-refractivity contribution in [1.82, 2.24) is 19.9 Å². The van der Waals surface area contributed by atoms with Crippen LogP contribution in [0.25, 0.3) is 39.0 Å². The predicted octanol–water partition coefficient (Wildman–Crippen LogP) is 6.39. The van der Waals surface area contributed by atoms with E-state index in [1.54, 1.807) is 0 Å². The zero-order chi connectivity index (χ0) is 24.6. The van der Waals surface area contributed by atoms with Crippen LogP contribution in [-0.4, -0.2) is 40.6 Å². The number of aromatic amines is 1. The minimum Gasteiger partial charge on any atom is -0.381 e. The monoisotopic (exact) mass is 472 g/mol. The van der Waals surface area contributed by atoms with Crippen molar-refractivity contribution in [3.63, 3.8) is 0 Å². The summed E-state index contributed by atoms with van der Waals surface area (Å²) in [6, 6.07) is 21.0. The van der Waals surface area contributed by atoms with Gasteiger partial charge in [-0.15, -0.1) is 0 Å². The van der Waals surface area contributed by atoms with Crippen LogP contribution >= 0.6 is 0 Å². The van der Waals surface area contributed by atoms with E-state index >= 15 is 0 Å². The maximum absolute atomic E-state index is 5.15. The fraction of sp³-hybridized carbons (Fsp3) is 0.167. The molecule has 0 atom stereocenters. The van der Waals surface area contributed by atoms with Crippen LogP contribution in [0.3, 0.4) is 0 Å². The molecule has 0 saturated carbocycles. The Morgan fingerprint density at radius 2 is 1.83 bits per heavy atom. The molecule has 36 heavy (non-hydrogen) atoms. The number of pyridine rings is 2. The molecule has 1 aliphatic rings. The zero-order valence-corrected chi connectivity index (χ0v) is 20.7. The summed E-state index contributed by atoms with van der Waals surface area (Å²) in [6.45, 7) is 3.01. The first-order valence-electron chi connectivity index (χ1n) is 12.3. The molecule has 4 heterocycles. The van der Waals surface area contributed by atoms with Gasteiger partial charge in [-0.05, 0) is 54.0 Å². The van der Waals surface area contributed by atoms with Gasteiger partial charge in [-0.25, -0.2) is 4.98 Å². The number of nitrogens with zero attached hydrogens (tertiary/aromatic N) is 4. The second kappa shape index (κ2) is 8.96. The molecule has 6 nitrogen and oxygen atoms in total. The minimum absolute atomic E-state index is 0.806. The molecule has 0 fully saturated rings. The van der Waals surface area contributed by atoms with Gasteiger partial charge in [-0.2, -0.15) is 0 Å². The Morgan fingerprint density at radius 1 is 0.917 bits per heavy atom. The third kappa shape index (κ3) is 3.81. The lowest BCUT2D eigenvalue weighted by Gasteiger charge is -2.24. The first-order chi connectivity index (χ1) is 17.6. The summed E-state index contributed by atoms with van der Waals surface area (Å²) in [7, 11) is 4.07. The molecule has 1 aliphatic heterocycles. The molecule has 2 aromatic carbocycles. The number of anilines is 2. The smallest absolute Gasteiger partial charge is 0.139 e. The van der Waals surface area contributed by atoms with Gasteiger partial charge in [0.15, 0.2) is 0 Å². The van der Waals surface area contributed by atoms with Gasteiger partial charge in [0.1, 0.15) is 5.82 Å². The van der Waals surface area contributed by atoms with Crippen molar-refractivity contribution in [3.8, 4) is 22.4 Å². The highest BCUT2D eigenvalue weighted by Crippen LogP contribution is 2.39. The van der Waals surface area contributed by atoms with Gasteiger partial charge < -0.3 is 15.2 Å². The highest BCUT2D eigenvalue weighted by atomic mass is 15.1. The summed E-state index contributed by atoms with van der Waals surface area (Å²) >= 11 is 0. The molecule has 0 saturated heterocycles. The van der Waals surface area contributed by atoms with E-state index in [0.717, 1.165) is 69.1 Å². The van der Waals surface area contributed by atoms with Crippen molar-refractivity contribution in [2.45, 2.75) is 13.3 Å². The van der Waals surface area contributed by atoms with Crippen LogP contribution in [0.2, 0.25) is 0 Å². The Labute approximate surface area is 210 Å². The Balaban J connectivity index is 1.51. The standard InChI is InChI=1S/C30H28N6/c1-4-19-17-33-26-12-11-20(21-14-22(36(2)3)18-31-16-21)15-24(26)28(19)30-34-27-10-7-8-23(29(27)35-30)25-9-5-6-13-32-25/h5-16,18,33H,4,17H2,1-3H3,(H,34,35). The van der Waals surface area contributed by atoms with E-state index in [2.05, 4.69) is 74.6 Å². The average molecular weight is 473 g/mol. The molecule has 3 aromatic heterocycles. The molecule has 0 amide bonds. The molecule has 0 spiro atoms. The number of benzene rings is 2. The fourth-order valence-corrected chi connectivity index (χ4v) is 4.87. The molecule has 2 N–H and O–H groups in total. The van der Waals surface area contributed by atoms with Crippen LogP contribution < -0.4 is 10.2 Å². The van der Waals surface area contributed by atoms with Gasteiger partial charge in [0.25, 0.3) is 0 Å². The van der Waals surface area contributed by atoms with Crippen molar-refractivity contribution in [1.29, 1.82) is 0 Å². The van der Waals surface area contributed by atoms with Gasteiger partial charge >= 0.3 is 0 Å². The van der Waals surface area contributed by atoms with Crippen molar-refractivity contribution in [3.05, 3.63) is 96.2 Å². The summed E-state index contributed by atoms with van der Waals surface area (Å²) < 4.78 is 0. The molecule has 0 aliphatic carbocycles. The summed E-state index contributed by atoms with van der Waals surface area (Å²) in [5.41, 5.74) is 12.0. The van der Waals surface area contributed by atoms with E-state index in [-0.39, 0.29) is 0 Å². The molecular formula is C30H28N6. The van der Waals surface area contributed by atoms with E-state index in [1.807, 2.05) is 50.9 Å². The van der Waals surface area contributed by atoms with E-state index in [1.165, 1.54) is 11.1 Å². The third-order valence-electron chi connectivity index (χ3n) is 6.83. The largest absolute Gasteiger partial charge is 0.381 e. The maximum Gasteiger partial charge on any atom is 0.139 e. The average Bonchev–Trinajstić information content (AvgIpc) is 3.36. The second-order valence-electron chi connectivity index (χ2n) is 9.27. The molecule has 6 rings (SSSR count). The number of aromatic nitrogens is 4. The Bertz CT molecular complexity index is 1600. The summed E-state index contributed by atoms with van der Waals surface area (Å²) in [4.78, 5) is 19.9. The highest BCUT2D eigenvalue weighted by Gasteiger charge is 2.23. The lowest BCUT2D eigenvalue weighted by Crippen LogP contribution is -2.15. The van der Waals surface area contributed by atoms with Crippen molar-refractivity contribution >= 4 is 28.0 Å². The fourth-order valence-electron chi connectivity index (χ4n) is 4.87. The molecule has 5 aromatic rings. The summed E-state index contributed by atoms with van der Waals surface area (Å²) in [6.07, 6.45) is 6.57. The van der Waals surface area contributed by atoms with Gasteiger partial charge in [-0.1, -0.05) is 31.2 Å². The number of imidazole rings is 1. The highest BCUT2D eigenvalue weighted by molar-refractivity contribution is 5.96. The lowest BCUT2D eigenvalue weighted by atomic mass is 9.90.